The number of para-hydroxylation sites is 1. The van der Waals surface area contributed by atoms with E-state index in [1.54, 1.807) is 31.3 Å². The van der Waals surface area contributed by atoms with Crippen molar-refractivity contribution in [2.45, 2.75) is 19.6 Å². The van der Waals surface area contributed by atoms with Gasteiger partial charge in [-0.05, 0) is 36.2 Å². The Kier molecular flexibility index (Phi) is 6.41. The van der Waals surface area contributed by atoms with E-state index in [1.165, 1.54) is 18.2 Å². The molecule has 3 N–H and O–H groups in total. The monoisotopic (exact) mass is 390 g/mol. The molecule has 0 atom stereocenters. The molecule has 0 bridgehead atoms. The smallest absolute Gasteiger partial charge is 0.387 e. The molecule has 5 nitrogen and oxygen atoms in total. The Bertz CT molecular complexity index is 956. The van der Waals surface area contributed by atoms with E-state index in [2.05, 4.69) is 25.3 Å². The Morgan fingerprint density at radius 1 is 1.14 bits per heavy atom. The van der Waals surface area contributed by atoms with E-state index in [9.17, 15) is 13.2 Å². The van der Waals surface area contributed by atoms with Crippen LogP contribution in [0.4, 0.5) is 13.2 Å². The number of halogens is 3. The molecule has 0 saturated carbocycles. The maximum atomic E-state index is 13.5. The summed E-state index contributed by atoms with van der Waals surface area (Å²) in [6.07, 6.45) is 2.52. The minimum atomic E-state index is -2.88. The van der Waals surface area contributed by atoms with E-state index in [-0.39, 0.29) is 18.1 Å². The van der Waals surface area contributed by atoms with Gasteiger partial charge < -0.3 is 20.4 Å². The van der Waals surface area contributed by atoms with E-state index >= 15 is 0 Å². The van der Waals surface area contributed by atoms with Crippen molar-refractivity contribution in [2.75, 3.05) is 13.6 Å². The molecule has 0 aliphatic rings. The normalized spacial score (nSPS) is 11.8. The van der Waals surface area contributed by atoms with Crippen molar-refractivity contribution in [2.24, 2.45) is 4.99 Å². The first kappa shape index (κ1) is 19.6. The highest BCUT2D eigenvalue weighted by atomic mass is 19.3. The van der Waals surface area contributed by atoms with Gasteiger partial charge in [0, 0.05) is 42.8 Å². The summed E-state index contributed by atoms with van der Waals surface area (Å²) in [6, 6.07) is 11.2. The molecular formula is C20H21F3N4O. The first-order chi connectivity index (χ1) is 13.6. The lowest BCUT2D eigenvalue weighted by molar-refractivity contribution is -0.0504. The largest absolute Gasteiger partial charge is 0.434 e. The van der Waals surface area contributed by atoms with Gasteiger partial charge in [-0.1, -0.05) is 18.2 Å². The number of benzene rings is 2. The second-order valence-corrected chi connectivity index (χ2v) is 6.09. The van der Waals surface area contributed by atoms with Crippen molar-refractivity contribution in [1.82, 2.24) is 15.6 Å². The predicted molar refractivity (Wildman–Crippen MR) is 103 cm³/mol. The Morgan fingerprint density at radius 3 is 2.75 bits per heavy atom. The molecule has 0 saturated heterocycles. The van der Waals surface area contributed by atoms with Crippen LogP contribution in [-0.2, 0) is 13.0 Å². The molecule has 0 amide bonds. The van der Waals surface area contributed by atoms with Gasteiger partial charge in [-0.15, -0.1) is 0 Å². The zero-order valence-corrected chi connectivity index (χ0v) is 15.3. The molecule has 1 aromatic heterocycles. The first-order valence-corrected chi connectivity index (χ1v) is 8.79. The number of ether oxygens (including phenoxy) is 1. The van der Waals surface area contributed by atoms with Gasteiger partial charge in [0.25, 0.3) is 0 Å². The molecule has 0 radical (unpaired) electrons. The van der Waals surface area contributed by atoms with E-state index < -0.39 is 6.61 Å². The molecule has 0 spiro atoms. The average Bonchev–Trinajstić information content (AvgIpc) is 3.07. The zero-order valence-electron chi connectivity index (χ0n) is 15.3. The van der Waals surface area contributed by atoms with Crippen molar-refractivity contribution < 1.29 is 17.9 Å². The fourth-order valence-corrected chi connectivity index (χ4v) is 2.93. The highest BCUT2D eigenvalue weighted by molar-refractivity contribution is 5.83. The highest BCUT2D eigenvalue weighted by Crippen LogP contribution is 2.20. The van der Waals surface area contributed by atoms with Crippen LogP contribution >= 0.6 is 0 Å². The number of rotatable bonds is 7. The van der Waals surface area contributed by atoms with E-state index in [4.69, 9.17) is 0 Å². The molecule has 3 aromatic rings. The molecule has 148 valence electrons. The number of aliphatic imine (C=N–C) groups is 1. The fourth-order valence-electron chi connectivity index (χ4n) is 2.93. The molecule has 0 unspecified atom stereocenters. The van der Waals surface area contributed by atoms with Crippen LogP contribution in [0.15, 0.2) is 53.7 Å². The SMILES string of the molecule is CN=C(NCCc1c[nH]c2ccc(F)cc12)NCc1ccccc1OC(F)F. The van der Waals surface area contributed by atoms with Crippen LogP contribution in [0.1, 0.15) is 11.1 Å². The van der Waals surface area contributed by atoms with Gasteiger partial charge >= 0.3 is 6.61 Å². The highest BCUT2D eigenvalue weighted by Gasteiger charge is 2.10. The summed E-state index contributed by atoms with van der Waals surface area (Å²) in [5.74, 6) is 0.377. The maximum Gasteiger partial charge on any atom is 0.387 e. The van der Waals surface area contributed by atoms with Gasteiger partial charge in [-0.2, -0.15) is 8.78 Å². The molecule has 8 heteroatoms. The third-order valence-corrected chi connectivity index (χ3v) is 4.27. The first-order valence-electron chi connectivity index (χ1n) is 8.79. The second-order valence-electron chi connectivity index (χ2n) is 6.09. The van der Waals surface area contributed by atoms with Gasteiger partial charge in [0.05, 0.1) is 0 Å². The molecular weight excluding hydrogens is 369 g/mol. The maximum absolute atomic E-state index is 13.5. The Balaban J connectivity index is 1.55. The average molecular weight is 390 g/mol. The Labute approximate surface area is 160 Å². The summed E-state index contributed by atoms with van der Waals surface area (Å²) in [5, 5.41) is 7.08. The lowest BCUT2D eigenvalue weighted by atomic mass is 10.1. The van der Waals surface area contributed by atoms with Gasteiger partial charge in [0.1, 0.15) is 11.6 Å². The van der Waals surface area contributed by atoms with Crippen molar-refractivity contribution in [3.63, 3.8) is 0 Å². The van der Waals surface area contributed by atoms with Crippen LogP contribution in [0.25, 0.3) is 10.9 Å². The molecule has 2 aromatic carbocycles. The van der Waals surface area contributed by atoms with Crippen molar-refractivity contribution in [3.05, 3.63) is 65.6 Å². The number of guanidine groups is 1. The van der Waals surface area contributed by atoms with Gasteiger partial charge in [-0.3, -0.25) is 4.99 Å². The van der Waals surface area contributed by atoms with Crippen LogP contribution in [0.2, 0.25) is 0 Å². The summed E-state index contributed by atoms with van der Waals surface area (Å²) >= 11 is 0. The predicted octanol–water partition coefficient (Wildman–Crippen LogP) is 3.82. The standard InChI is InChI=1S/C20H21F3N4O/c1-24-20(27-12-14-4-2-3-5-18(14)28-19(22)23)25-9-8-13-11-26-17-7-6-15(21)10-16(13)17/h2-7,10-11,19,26H,8-9,12H2,1H3,(H2,24,25,27). The summed E-state index contributed by atoms with van der Waals surface area (Å²) in [6.45, 7) is -2.03. The fraction of sp³-hybridized carbons (Fsp3) is 0.250. The number of aromatic amines is 1. The lowest BCUT2D eigenvalue weighted by Gasteiger charge is -2.14. The number of fused-ring (bicyclic) bond motifs is 1. The van der Waals surface area contributed by atoms with Crippen LogP contribution in [0.5, 0.6) is 5.75 Å². The van der Waals surface area contributed by atoms with Crippen molar-refractivity contribution in [3.8, 4) is 5.75 Å². The summed E-state index contributed by atoms with van der Waals surface area (Å²) in [4.78, 5) is 7.25. The van der Waals surface area contributed by atoms with Crippen LogP contribution in [0, 0.1) is 5.82 Å². The Hall–Kier alpha value is -3.16. The number of nitrogens with zero attached hydrogens (tertiary/aromatic N) is 1. The molecule has 28 heavy (non-hydrogen) atoms. The zero-order chi connectivity index (χ0) is 19.9. The van der Waals surface area contributed by atoms with Crippen molar-refractivity contribution in [1.29, 1.82) is 0 Å². The van der Waals surface area contributed by atoms with Crippen molar-refractivity contribution >= 4 is 16.9 Å². The number of alkyl halides is 2. The minimum Gasteiger partial charge on any atom is -0.434 e. The van der Waals surface area contributed by atoms with Gasteiger partial charge in [0.2, 0.25) is 0 Å². The molecule has 0 aliphatic heterocycles. The van der Waals surface area contributed by atoms with E-state index in [1.807, 2.05) is 6.20 Å². The third-order valence-electron chi connectivity index (χ3n) is 4.27. The number of hydrogen-bond donors (Lipinski definition) is 3. The van der Waals surface area contributed by atoms with E-state index in [0.29, 0.717) is 24.5 Å². The number of nitrogens with one attached hydrogen (secondary N) is 3. The molecule has 0 fully saturated rings. The van der Waals surface area contributed by atoms with Crippen LogP contribution in [0.3, 0.4) is 0 Å². The molecule has 1 heterocycles. The molecule has 3 rings (SSSR count). The second kappa shape index (κ2) is 9.16. The minimum absolute atomic E-state index is 0.126. The summed E-state index contributed by atoms with van der Waals surface area (Å²) in [5.41, 5.74) is 2.47. The van der Waals surface area contributed by atoms with Gasteiger partial charge in [0.15, 0.2) is 5.96 Å². The lowest BCUT2D eigenvalue weighted by Crippen LogP contribution is -2.37. The van der Waals surface area contributed by atoms with Gasteiger partial charge in [-0.25, -0.2) is 4.39 Å². The Morgan fingerprint density at radius 2 is 1.96 bits per heavy atom. The third kappa shape index (κ3) is 4.97. The number of aromatic nitrogens is 1. The van der Waals surface area contributed by atoms with Crippen LogP contribution < -0.4 is 15.4 Å². The number of H-pyrrole nitrogens is 1. The quantitative estimate of drug-likeness (QED) is 0.425. The van der Waals surface area contributed by atoms with E-state index in [0.717, 1.165) is 16.5 Å². The van der Waals surface area contributed by atoms with Crippen LogP contribution in [-0.4, -0.2) is 31.1 Å². The number of hydrogen-bond acceptors (Lipinski definition) is 2. The summed E-state index contributed by atoms with van der Waals surface area (Å²) < 4.78 is 43.0. The summed E-state index contributed by atoms with van der Waals surface area (Å²) in [7, 11) is 1.62. The topological polar surface area (TPSA) is 61.4 Å². The molecule has 0 aliphatic carbocycles.